The molecule has 0 saturated carbocycles. The molecule has 0 unspecified atom stereocenters. The van der Waals surface area contributed by atoms with Crippen LogP contribution in [0.2, 0.25) is 0 Å². The van der Waals surface area contributed by atoms with Gasteiger partial charge in [0.2, 0.25) is 11.9 Å². The molecule has 0 N–H and O–H groups in total. The summed E-state index contributed by atoms with van der Waals surface area (Å²) < 4.78 is 40.9. The lowest BCUT2D eigenvalue weighted by Crippen LogP contribution is -2.30. The van der Waals surface area contributed by atoms with E-state index in [1.54, 1.807) is 41.4 Å². The topological polar surface area (TPSA) is 83.3 Å². The molecule has 1 aliphatic rings. The number of hydrogen-bond acceptors (Lipinski definition) is 8. The van der Waals surface area contributed by atoms with Crippen LogP contribution < -0.4 is 14.5 Å². The number of para-hydroxylation sites is 1. The fraction of sp³-hybridized carbons (Fsp3) is 0.222. The van der Waals surface area contributed by atoms with Gasteiger partial charge in [-0.1, -0.05) is 49.9 Å². The number of halogens is 3. The summed E-state index contributed by atoms with van der Waals surface area (Å²) in [5.74, 6) is 0.574. The molecule has 39 heavy (non-hydrogen) atoms. The second kappa shape index (κ2) is 12.1. The highest BCUT2D eigenvalue weighted by Crippen LogP contribution is 2.33. The van der Waals surface area contributed by atoms with Gasteiger partial charge in [-0.05, 0) is 47.9 Å². The molecule has 4 rings (SSSR count). The summed E-state index contributed by atoms with van der Waals surface area (Å²) in [4.78, 5) is 24.4. The first-order chi connectivity index (χ1) is 18.6. The first kappa shape index (κ1) is 27.8. The van der Waals surface area contributed by atoms with Crippen LogP contribution >= 0.6 is 11.8 Å². The zero-order valence-corrected chi connectivity index (χ0v) is 22.1. The van der Waals surface area contributed by atoms with Crippen LogP contribution in [0.25, 0.3) is 6.08 Å². The molecule has 2 heterocycles. The summed E-state index contributed by atoms with van der Waals surface area (Å²) in [6.45, 7) is 4.16. The molecule has 202 valence electrons. The fourth-order valence-electron chi connectivity index (χ4n) is 3.71. The van der Waals surface area contributed by atoms with E-state index < -0.39 is 6.36 Å². The molecule has 1 aromatic heterocycles. The zero-order valence-electron chi connectivity index (χ0n) is 21.3. The van der Waals surface area contributed by atoms with Crippen molar-refractivity contribution in [2.45, 2.75) is 26.1 Å². The zero-order chi connectivity index (χ0) is 28.0. The molecule has 0 bridgehead atoms. The van der Waals surface area contributed by atoms with Gasteiger partial charge in [-0.25, -0.2) is 9.97 Å². The number of hydrogen-bond donors (Lipinski definition) is 0. The maximum atomic E-state index is 12.6. The van der Waals surface area contributed by atoms with E-state index in [1.807, 2.05) is 24.3 Å². The number of amidine groups is 1. The molecule has 0 spiro atoms. The van der Waals surface area contributed by atoms with Crippen molar-refractivity contribution >= 4 is 52.5 Å². The van der Waals surface area contributed by atoms with Crippen LogP contribution in [-0.2, 0) is 4.79 Å². The third-order valence-electron chi connectivity index (χ3n) is 5.57. The van der Waals surface area contributed by atoms with Gasteiger partial charge >= 0.3 is 6.36 Å². The van der Waals surface area contributed by atoms with Crippen molar-refractivity contribution in [1.29, 1.82) is 0 Å². The van der Waals surface area contributed by atoms with Gasteiger partial charge in [-0.3, -0.25) is 9.69 Å². The van der Waals surface area contributed by atoms with Gasteiger partial charge in [-0.2, -0.15) is 5.10 Å². The van der Waals surface area contributed by atoms with E-state index in [0.29, 0.717) is 28.1 Å². The Bertz CT molecular complexity index is 1390. The van der Waals surface area contributed by atoms with Crippen LogP contribution in [-0.4, -0.2) is 46.4 Å². The SMILES string of the molecule is CC(C)c1ccccc1N1C(=O)CS/C1=N\N=CC=Cc1cnc(N(C)c2ccc(OC(F)(F)F)cc2)nc1. The van der Waals surface area contributed by atoms with Gasteiger partial charge < -0.3 is 9.64 Å². The first-order valence-corrected chi connectivity index (χ1v) is 12.8. The van der Waals surface area contributed by atoms with Crippen LogP contribution in [0.4, 0.5) is 30.5 Å². The number of alkyl halides is 3. The molecule has 8 nitrogen and oxygen atoms in total. The standard InChI is InChI=1S/C27H25F3N6O2S/c1-18(2)22-8-4-5-9-23(22)36-24(37)17-39-26(36)34-33-14-6-7-19-15-31-25(32-16-19)35(3)20-10-12-21(13-11-20)38-27(28,29)30/h4-16,18H,17H2,1-3H3/b7-6?,33-14?,34-26-. The van der Waals surface area contributed by atoms with E-state index in [1.165, 1.54) is 42.2 Å². The first-order valence-electron chi connectivity index (χ1n) is 11.9. The number of amides is 1. The number of aromatic nitrogens is 2. The van der Waals surface area contributed by atoms with Gasteiger partial charge in [0.15, 0.2) is 5.17 Å². The van der Waals surface area contributed by atoms with Crippen LogP contribution in [0.1, 0.15) is 30.9 Å². The van der Waals surface area contributed by atoms with Crippen LogP contribution in [0.3, 0.4) is 0 Å². The summed E-state index contributed by atoms with van der Waals surface area (Å²) in [5.41, 5.74) is 3.18. The van der Waals surface area contributed by atoms with Crippen molar-refractivity contribution < 1.29 is 22.7 Å². The Morgan fingerprint density at radius 1 is 1.10 bits per heavy atom. The highest BCUT2D eigenvalue weighted by Gasteiger charge is 2.32. The molecule has 1 saturated heterocycles. The van der Waals surface area contributed by atoms with Crippen LogP contribution in [0.15, 0.2) is 77.2 Å². The molecule has 0 aliphatic carbocycles. The Morgan fingerprint density at radius 3 is 2.46 bits per heavy atom. The van der Waals surface area contributed by atoms with Gasteiger partial charge in [0.25, 0.3) is 0 Å². The highest BCUT2D eigenvalue weighted by atomic mass is 32.2. The van der Waals surface area contributed by atoms with Gasteiger partial charge in [0, 0.05) is 36.9 Å². The molecular weight excluding hydrogens is 529 g/mol. The molecule has 1 amide bonds. The van der Waals surface area contributed by atoms with Crippen LogP contribution in [0.5, 0.6) is 5.75 Å². The second-order valence-electron chi connectivity index (χ2n) is 8.65. The molecule has 0 atom stereocenters. The number of anilines is 3. The summed E-state index contributed by atoms with van der Waals surface area (Å²) in [6.07, 6.45) is 3.40. The lowest BCUT2D eigenvalue weighted by atomic mass is 10.0. The lowest BCUT2D eigenvalue weighted by Gasteiger charge is -2.20. The number of benzene rings is 2. The van der Waals surface area contributed by atoms with E-state index in [2.05, 4.69) is 38.8 Å². The van der Waals surface area contributed by atoms with Crippen molar-refractivity contribution in [2.75, 3.05) is 22.6 Å². The van der Waals surface area contributed by atoms with Crippen molar-refractivity contribution in [2.24, 2.45) is 10.2 Å². The third-order valence-corrected chi connectivity index (χ3v) is 6.48. The number of carbonyl (C=O) groups is 1. The number of allylic oxidation sites excluding steroid dienone is 1. The molecule has 1 aliphatic heterocycles. The van der Waals surface area contributed by atoms with Crippen LogP contribution in [0, 0.1) is 0 Å². The Labute approximate surface area is 227 Å². The van der Waals surface area contributed by atoms with E-state index in [-0.39, 0.29) is 17.6 Å². The van der Waals surface area contributed by atoms with Gasteiger partial charge in [0.1, 0.15) is 5.75 Å². The van der Waals surface area contributed by atoms with Gasteiger partial charge in [0.05, 0.1) is 11.4 Å². The van der Waals surface area contributed by atoms with E-state index in [9.17, 15) is 18.0 Å². The minimum Gasteiger partial charge on any atom is -0.406 e. The molecular formula is C27H25F3N6O2S. The smallest absolute Gasteiger partial charge is 0.406 e. The van der Waals surface area contributed by atoms with Gasteiger partial charge in [-0.15, -0.1) is 18.3 Å². The van der Waals surface area contributed by atoms with E-state index >= 15 is 0 Å². The molecule has 2 aromatic carbocycles. The average molecular weight is 555 g/mol. The van der Waals surface area contributed by atoms with E-state index in [4.69, 9.17) is 0 Å². The Kier molecular flexibility index (Phi) is 8.65. The quantitative estimate of drug-likeness (QED) is 0.237. The molecule has 1 fully saturated rings. The number of rotatable bonds is 8. The minimum atomic E-state index is -4.74. The second-order valence-corrected chi connectivity index (χ2v) is 9.60. The maximum absolute atomic E-state index is 12.6. The highest BCUT2D eigenvalue weighted by molar-refractivity contribution is 8.15. The normalized spacial score (nSPS) is 15.3. The lowest BCUT2D eigenvalue weighted by molar-refractivity contribution is -0.274. The summed E-state index contributed by atoms with van der Waals surface area (Å²) >= 11 is 1.34. The number of thioether (sulfide) groups is 1. The van der Waals surface area contributed by atoms with Crippen molar-refractivity contribution in [3.05, 3.63) is 78.1 Å². The fourth-order valence-corrected chi connectivity index (χ4v) is 4.52. The maximum Gasteiger partial charge on any atom is 0.573 e. The summed E-state index contributed by atoms with van der Waals surface area (Å²) in [6, 6.07) is 13.2. The third kappa shape index (κ3) is 7.23. The van der Waals surface area contributed by atoms with Crippen molar-refractivity contribution in [1.82, 2.24) is 9.97 Å². The summed E-state index contributed by atoms with van der Waals surface area (Å²) in [5, 5.41) is 8.87. The Morgan fingerprint density at radius 2 is 1.79 bits per heavy atom. The Balaban J connectivity index is 1.38. The number of nitrogens with zero attached hydrogens (tertiary/aromatic N) is 6. The largest absolute Gasteiger partial charge is 0.573 e. The average Bonchev–Trinajstić information content (AvgIpc) is 3.27. The Hall–Kier alpha value is -4.19. The molecule has 0 radical (unpaired) electrons. The minimum absolute atomic E-state index is 0.0367. The predicted octanol–water partition coefficient (Wildman–Crippen LogP) is 6.40. The monoisotopic (exact) mass is 554 g/mol. The molecule has 12 heteroatoms. The number of ether oxygens (including phenoxy) is 1. The van der Waals surface area contributed by atoms with E-state index in [0.717, 1.165) is 11.3 Å². The number of carbonyl (C=O) groups excluding carboxylic acids is 1. The summed E-state index contributed by atoms with van der Waals surface area (Å²) in [7, 11) is 1.70. The predicted molar refractivity (Wildman–Crippen MR) is 149 cm³/mol. The van der Waals surface area contributed by atoms with Crippen molar-refractivity contribution in [3.8, 4) is 5.75 Å². The molecule has 3 aromatic rings. The van der Waals surface area contributed by atoms with Crippen molar-refractivity contribution in [3.63, 3.8) is 0 Å².